The van der Waals surface area contributed by atoms with Gasteiger partial charge in [0.25, 0.3) is 5.91 Å². The topological polar surface area (TPSA) is 50.5 Å². The number of fused-ring (bicyclic) bond motifs is 2. The fourth-order valence-electron chi connectivity index (χ4n) is 3.05. The van der Waals surface area contributed by atoms with Gasteiger partial charge in [-0.05, 0) is 30.3 Å². The average Bonchev–Trinajstić information content (AvgIpc) is 2.93. The molecule has 2 heterocycles. The number of carbonyl (C=O) groups is 1. The summed E-state index contributed by atoms with van der Waals surface area (Å²) in [5.41, 5.74) is -1.99. The number of para-hydroxylation sites is 1. The first-order valence-corrected chi connectivity index (χ1v) is 8.37. The van der Waals surface area contributed by atoms with Gasteiger partial charge in [-0.2, -0.15) is 13.2 Å². The van der Waals surface area contributed by atoms with Crippen LogP contribution in [0.5, 0.6) is 0 Å². The maximum absolute atomic E-state index is 13.4. The molecular weight excluding hydrogens is 406 g/mol. The lowest BCUT2D eigenvalue weighted by Crippen LogP contribution is -2.26. The van der Waals surface area contributed by atoms with Crippen LogP contribution in [0.2, 0.25) is 10.0 Å². The summed E-state index contributed by atoms with van der Waals surface area (Å²) in [7, 11) is 0. The van der Waals surface area contributed by atoms with Crippen molar-refractivity contribution in [2.24, 2.45) is 0 Å². The molecule has 138 valence electrons. The second-order valence-electron chi connectivity index (χ2n) is 5.91. The van der Waals surface area contributed by atoms with Crippen LogP contribution >= 0.6 is 23.2 Å². The molecule has 27 heavy (non-hydrogen) atoms. The fraction of sp³-hybridized carbons (Fsp3) is 0.111. The van der Waals surface area contributed by atoms with Gasteiger partial charge in [0, 0.05) is 5.02 Å². The quantitative estimate of drug-likeness (QED) is 0.545. The molecule has 0 saturated carbocycles. The minimum Gasteiger partial charge on any atom is -0.449 e. The number of amides is 1. The van der Waals surface area contributed by atoms with Crippen molar-refractivity contribution in [3.05, 3.63) is 73.6 Å². The van der Waals surface area contributed by atoms with Crippen molar-refractivity contribution in [3.63, 3.8) is 0 Å². The largest absolute Gasteiger partial charge is 0.449 e. The molecule has 9 heteroatoms. The summed E-state index contributed by atoms with van der Waals surface area (Å²) < 4.78 is 45.7. The Morgan fingerprint density at radius 2 is 1.81 bits per heavy atom. The number of anilines is 1. The number of carbonyl (C=O) groups excluding carboxylic acids is 1. The number of benzene rings is 2. The SMILES string of the molecule is O=C1c2oc3c(Cl)cccc3c(=O)c2CN1c1ccc(Cl)cc1C(F)(F)F. The van der Waals surface area contributed by atoms with Gasteiger partial charge in [0.05, 0.1) is 33.8 Å². The Hall–Kier alpha value is -2.51. The Bertz CT molecular complexity index is 1170. The molecule has 0 radical (unpaired) electrons. The van der Waals surface area contributed by atoms with Gasteiger partial charge < -0.3 is 9.32 Å². The van der Waals surface area contributed by atoms with E-state index in [0.717, 1.165) is 17.0 Å². The van der Waals surface area contributed by atoms with Crippen molar-refractivity contribution >= 4 is 45.8 Å². The average molecular weight is 414 g/mol. The van der Waals surface area contributed by atoms with Crippen molar-refractivity contribution in [1.82, 2.24) is 0 Å². The highest BCUT2D eigenvalue weighted by molar-refractivity contribution is 6.34. The van der Waals surface area contributed by atoms with E-state index in [9.17, 15) is 22.8 Å². The van der Waals surface area contributed by atoms with Crippen molar-refractivity contribution in [2.45, 2.75) is 12.7 Å². The zero-order chi connectivity index (χ0) is 19.5. The molecule has 0 fully saturated rings. The van der Waals surface area contributed by atoms with Crippen molar-refractivity contribution in [1.29, 1.82) is 0 Å². The molecule has 0 aliphatic carbocycles. The predicted molar refractivity (Wildman–Crippen MR) is 94.5 cm³/mol. The Labute approximate surface area is 159 Å². The van der Waals surface area contributed by atoms with E-state index in [1.807, 2.05) is 0 Å². The first kappa shape index (κ1) is 17.9. The van der Waals surface area contributed by atoms with Gasteiger partial charge in [0.15, 0.2) is 11.0 Å². The molecular formula is C18H8Cl2F3NO3. The third-order valence-corrected chi connectivity index (χ3v) is 4.81. The lowest BCUT2D eigenvalue weighted by molar-refractivity contribution is -0.137. The van der Waals surface area contributed by atoms with Crippen LogP contribution in [-0.4, -0.2) is 5.91 Å². The predicted octanol–water partition coefficient (Wildman–Crippen LogP) is 5.28. The van der Waals surface area contributed by atoms with Crippen LogP contribution in [0.25, 0.3) is 11.0 Å². The summed E-state index contributed by atoms with van der Waals surface area (Å²) in [5.74, 6) is -1.17. The Kier molecular flexibility index (Phi) is 3.98. The zero-order valence-corrected chi connectivity index (χ0v) is 14.7. The second kappa shape index (κ2) is 6.00. The molecule has 0 spiro atoms. The maximum Gasteiger partial charge on any atom is 0.418 e. The molecule has 3 aromatic rings. The van der Waals surface area contributed by atoms with Crippen LogP contribution in [-0.2, 0) is 12.7 Å². The van der Waals surface area contributed by atoms with Crippen LogP contribution in [0.15, 0.2) is 45.6 Å². The number of hydrogen-bond donors (Lipinski definition) is 0. The summed E-state index contributed by atoms with van der Waals surface area (Å²) in [6, 6.07) is 7.57. The minimum atomic E-state index is -4.74. The molecule has 4 nitrogen and oxygen atoms in total. The zero-order valence-electron chi connectivity index (χ0n) is 13.2. The van der Waals surface area contributed by atoms with Crippen molar-refractivity contribution < 1.29 is 22.4 Å². The van der Waals surface area contributed by atoms with E-state index in [0.29, 0.717) is 0 Å². The molecule has 0 bridgehead atoms. The van der Waals surface area contributed by atoms with Gasteiger partial charge in [-0.25, -0.2) is 0 Å². The Balaban J connectivity index is 1.91. The van der Waals surface area contributed by atoms with Gasteiger partial charge in [0.1, 0.15) is 0 Å². The van der Waals surface area contributed by atoms with Crippen LogP contribution in [0.3, 0.4) is 0 Å². The number of halogens is 5. The molecule has 0 N–H and O–H groups in total. The van der Waals surface area contributed by atoms with Crippen LogP contribution in [0, 0.1) is 0 Å². The second-order valence-corrected chi connectivity index (χ2v) is 6.75. The first-order chi connectivity index (χ1) is 12.7. The van der Waals surface area contributed by atoms with Crippen molar-refractivity contribution in [3.8, 4) is 0 Å². The van der Waals surface area contributed by atoms with Crippen LogP contribution < -0.4 is 10.3 Å². The molecule has 4 rings (SSSR count). The lowest BCUT2D eigenvalue weighted by atomic mass is 10.1. The molecule has 1 amide bonds. The summed E-state index contributed by atoms with van der Waals surface area (Å²) in [5, 5.41) is 0.158. The van der Waals surface area contributed by atoms with E-state index in [4.69, 9.17) is 27.6 Å². The Morgan fingerprint density at radius 3 is 2.52 bits per heavy atom. The van der Waals surface area contributed by atoms with Crippen molar-refractivity contribution in [2.75, 3.05) is 4.90 Å². The molecule has 0 unspecified atom stereocenters. The van der Waals surface area contributed by atoms with E-state index in [1.165, 1.54) is 18.2 Å². The maximum atomic E-state index is 13.4. The van der Waals surface area contributed by atoms with E-state index < -0.39 is 28.8 Å². The molecule has 1 aliphatic rings. The Morgan fingerprint density at radius 1 is 1.07 bits per heavy atom. The molecule has 0 saturated heterocycles. The van der Waals surface area contributed by atoms with Gasteiger partial charge in [-0.3, -0.25) is 9.59 Å². The van der Waals surface area contributed by atoms with E-state index in [1.54, 1.807) is 6.07 Å². The van der Waals surface area contributed by atoms with Gasteiger partial charge in [0.2, 0.25) is 5.76 Å². The third-order valence-electron chi connectivity index (χ3n) is 4.27. The van der Waals surface area contributed by atoms with Crippen LogP contribution in [0.1, 0.15) is 21.7 Å². The minimum absolute atomic E-state index is 0.0159. The highest BCUT2D eigenvalue weighted by Gasteiger charge is 2.41. The molecule has 1 aliphatic heterocycles. The first-order valence-electron chi connectivity index (χ1n) is 7.61. The monoisotopic (exact) mass is 413 g/mol. The number of hydrogen-bond acceptors (Lipinski definition) is 3. The van der Waals surface area contributed by atoms with Crippen LogP contribution in [0.4, 0.5) is 18.9 Å². The standard InChI is InChI=1S/C18H8Cl2F3NO3/c19-8-4-5-13(11(6-8)18(21,22)23)24-7-10-14(25)9-2-1-3-12(20)15(9)27-16(10)17(24)26/h1-6H,7H2. The highest BCUT2D eigenvalue weighted by atomic mass is 35.5. The number of nitrogens with zero attached hydrogens (tertiary/aromatic N) is 1. The fourth-order valence-corrected chi connectivity index (χ4v) is 3.44. The summed E-state index contributed by atoms with van der Waals surface area (Å²) in [6.45, 7) is -0.344. The summed E-state index contributed by atoms with van der Waals surface area (Å²) >= 11 is 11.7. The van der Waals surface area contributed by atoms with E-state index >= 15 is 0 Å². The number of rotatable bonds is 1. The molecule has 2 aromatic carbocycles. The van der Waals surface area contributed by atoms with E-state index in [-0.39, 0.29) is 38.9 Å². The van der Waals surface area contributed by atoms with Gasteiger partial charge in [-0.15, -0.1) is 0 Å². The molecule has 0 atom stereocenters. The van der Waals surface area contributed by atoms with E-state index in [2.05, 4.69) is 0 Å². The highest BCUT2D eigenvalue weighted by Crippen LogP contribution is 2.41. The van der Waals surface area contributed by atoms with Gasteiger partial charge >= 0.3 is 6.18 Å². The normalized spacial score (nSPS) is 14.1. The lowest BCUT2D eigenvalue weighted by Gasteiger charge is -2.20. The number of alkyl halides is 3. The van der Waals surface area contributed by atoms with Gasteiger partial charge in [-0.1, -0.05) is 29.3 Å². The summed E-state index contributed by atoms with van der Waals surface area (Å²) in [4.78, 5) is 26.3. The molecule has 1 aromatic heterocycles. The summed E-state index contributed by atoms with van der Waals surface area (Å²) in [6.07, 6.45) is -4.74. The third kappa shape index (κ3) is 2.78. The smallest absolute Gasteiger partial charge is 0.418 e.